The van der Waals surface area contributed by atoms with Gasteiger partial charge in [0.05, 0.1) is 29.0 Å². The molecule has 0 bridgehead atoms. The molecular formula is C29H25NO6S. The van der Waals surface area contributed by atoms with Gasteiger partial charge in [0.25, 0.3) is 5.91 Å². The quantitative estimate of drug-likeness (QED) is 0.305. The van der Waals surface area contributed by atoms with Gasteiger partial charge in [-0.1, -0.05) is 54.6 Å². The highest BCUT2D eigenvalue weighted by Gasteiger charge is 2.17. The summed E-state index contributed by atoms with van der Waals surface area (Å²) in [4.78, 5) is 25.6. The van der Waals surface area contributed by atoms with E-state index in [9.17, 15) is 18.0 Å². The minimum Gasteiger partial charge on any atom is -0.497 e. The Morgan fingerprint density at radius 2 is 1.41 bits per heavy atom. The summed E-state index contributed by atoms with van der Waals surface area (Å²) in [5.74, 6) is -0.467. The van der Waals surface area contributed by atoms with Crippen molar-refractivity contribution >= 4 is 27.4 Å². The van der Waals surface area contributed by atoms with Crippen molar-refractivity contribution in [1.29, 1.82) is 0 Å². The van der Waals surface area contributed by atoms with Crippen LogP contribution in [0.3, 0.4) is 0 Å². The van der Waals surface area contributed by atoms with E-state index >= 15 is 0 Å². The molecule has 1 amide bonds. The number of nitrogens with one attached hydrogen (secondary N) is 1. The molecule has 0 aliphatic heterocycles. The Morgan fingerprint density at radius 3 is 2.08 bits per heavy atom. The van der Waals surface area contributed by atoms with Gasteiger partial charge in [-0.15, -0.1) is 0 Å². The molecule has 0 aromatic heterocycles. The van der Waals surface area contributed by atoms with Crippen LogP contribution in [-0.4, -0.2) is 27.4 Å². The van der Waals surface area contributed by atoms with Crippen LogP contribution in [0.5, 0.6) is 5.75 Å². The third kappa shape index (κ3) is 6.62. The topological polar surface area (TPSA) is 98.8 Å². The Kier molecular flexibility index (Phi) is 8.00. The van der Waals surface area contributed by atoms with Gasteiger partial charge >= 0.3 is 5.97 Å². The summed E-state index contributed by atoms with van der Waals surface area (Å²) in [6.45, 7) is -0.0569. The van der Waals surface area contributed by atoms with E-state index in [-0.39, 0.29) is 28.7 Å². The molecule has 0 saturated carbocycles. The van der Waals surface area contributed by atoms with Gasteiger partial charge in [0.2, 0.25) is 0 Å². The lowest BCUT2D eigenvalue weighted by Crippen LogP contribution is -2.16. The summed E-state index contributed by atoms with van der Waals surface area (Å²) in [5.41, 5.74) is 2.26. The summed E-state index contributed by atoms with van der Waals surface area (Å²) in [6.07, 6.45) is 0. The van der Waals surface area contributed by atoms with E-state index in [1.165, 1.54) is 12.1 Å². The number of esters is 1. The van der Waals surface area contributed by atoms with Gasteiger partial charge in [-0.3, -0.25) is 4.79 Å². The number of carbonyl (C=O) groups is 2. The van der Waals surface area contributed by atoms with E-state index in [4.69, 9.17) is 9.47 Å². The van der Waals surface area contributed by atoms with E-state index < -0.39 is 15.8 Å². The second-order valence-electron chi connectivity index (χ2n) is 8.19. The number of sulfone groups is 1. The van der Waals surface area contributed by atoms with Crippen molar-refractivity contribution in [3.63, 3.8) is 0 Å². The van der Waals surface area contributed by atoms with Crippen LogP contribution in [0, 0.1) is 0 Å². The molecule has 4 aromatic carbocycles. The predicted molar refractivity (Wildman–Crippen MR) is 140 cm³/mol. The number of benzene rings is 4. The largest absolute Gasteiger partial charge is 0.497 e. The summed E-state index contributed by atoms with van der Waals surface area (Å²) in [6, 6.07) is 28.3. The highest BCUT2D eigenvalue weighted by atomic mass is 32.2. The molecule has 8 heteroatoms. The van der Waals surface area contributed by atoms with Crippen LogP contribution < -0.4 is 10.1 Å². The Balaban J connectivity index is 1.39. The average Bonchev–Trinajstić information content (AvgIpc) is 2.92. The molecule has 1 N–H and O–H groups in total. The number of rotatable bonds is 9. The van der Waals surface area contributed by atoms with Crippen molar-refractivity contribution < 1.29 is 27.5 Å². The Morgan fingerprint density at radius 1 is 0.757 bits per heavy atom. The SMILES string of the molecule is COc1ccc(C(=O)Nc2ccccc2C(=O)OCc2ccc(S(=O)(=O)Cc3ccccc3)cc2)cc1. The highest BCUT2D eigenvalue weighted by molar-refractivity contribution is 7.90. The number of methoxy groups -OCH3 is 1. The van der Waals surface area contributed by atoms with Crippen LogP contribution >= 0.6 is 0 Å². The molecule has 37 heavy (non-hydrogen) atoms. The zero-order valence-corrected chi connectivity index (χ0v) is 20.9. The number of para-hydroxylation sites is 1. The molecular weight excluding hydrogens is 490 g/mol. The maximum Gasteiger partial charge on any atom is 0.340 e. The average molecular weight is 516 g/mol. The van der Waals surface area contributed by atoms with E-state index in [1.54, 1.807) is 92.0 Å². The van der Waals surface area contributed by atoms with Gasteiger partial charge in [0.15, 0.2) is 9.84 Å². The molecule has 4 rings (SSSR count). The molecule has 0 radical (unpaired) electrons. The van der Waals surface area contributed by atoms with Crippen LogP contribution in [-0.2, 0) is 26.9 Å². The Labute approximate surface area is 215 Å². The maximum atomic E-state index is 12.8. The Bertz CT molecular complexity index is 1480. The predicted octanol–water partition coefficient (Wildman–Crippen LogP) is 5.28. The fraction of sp³-hybridized carbons (Fsp3) is 0.103. The van der Waals surface area contributed by atoms with Gasteiger partial charge in [-0.25, -0.2) is 13.2 Å². The van der Waals surface area contributed by atoms with Gasteiger partial charge in [0.1, 0.15) is 12.4 Å². The lowest BCUT2D eigenvalue weighted by atomic mass is 10.1. The molecule has 0 fully saturated rings. The molecule has 0 spiro atoms. The zero-order chi connectivity index (χ0) is 26.3. The lowest BCUT2D eigenvalue weighted by molar-refractivity contribution is 0.0474. The van der Waals surface area contributed by atoms with Crippen LogP contribution in [0.25, 0.3) is 0 Å². The number of hydrogen-bond acceptors (Lipinski definition) is 6. The number of anilines is 1. The minimum absolute atomic E-state index is 0.0569. The maximum absolute atomic E-state index is 12.8. The van der Waals surface area contributed by atoms with E-state index in [1.807, 2.05) is 6.07 Å². The third-order valence-electron chi connectivity index (χ3n) is 5.60. The molecule has 0 atom stereocenters. The van der Waals surface area contributed by atoms with Crippen molar-refractivity contribution in [2.75, 3.05) is 12.4 Å². The standard InChI is InChI=1S/C29H25NO6S/c1-35-24-15-13-23(14-16-24)28(31)30-27-10-6-5-9-26(27)29(32)36-19-21-11-17-25(18-12-21)37(33,34)20-22-7-3-2-4-8-22/h2-18H,19-20H2,1H3,(H,30,31). The first kappa shape index (κ1) is 25.7. The monoisotopic (exact) mass is 515 g/mol. The summed E-state index contributed by atoms with van der Waals surface area (Å²) < 4.78 is 35.9. The van der Waals surface area contributed by atoms with Crippen molar-refractivity contribution in [2.24, 2.45) is 0 Å². The van der Waals surface area contributed by atoms with Gasteiger partial charge in [-0.05, 0) is 59.7 Å². The number of ether oxygens (including phenoxy) is 2. The number of amides is 1. The summed E-state index contributed by atoms with van der Waals surface area (Å²) in [5, 5.41) is 2.74. The van der Waals surface area contributed by atoms with Gasteiger partial charge in [0, 0.05) is 5.56 Å². The van der Waals surface area contributed by atoms with Crippen molar-refractivity contribution in [3.8, 4) is 5.75 Å². The third-order valence-corrected chi connectivity index (χ3v) is 7.30. The molecule has 0 heterocycles. The minimum atomic E-state index is -3.50. The summed E-state index contributed by atoms with van der Waals surface area (Å²) in [7, 11) is -1.96. The fourth-order valence-electron chi connectivity index (χ4n) is 3.60. The first-order valence-corrected chi connectivity index (χ1v) is 13.1. The lowest BCUT2D eigenvalue weighted by Gasteiger charge is -2.12. The molecule has 0 saturated heterocycles. The van der Waals surface area contributed by atoms with E-state index in [0.29, 0.717) is 28.1 Å². The fourth-order valence-corrected chi connectivity index (χ4v) is 4.95. The van der Waals surface area contributed by atoms with Crippen LogP contribution in [0.1, 0.15) is 31.8 Å². The molecule has 4 aromatic rings. The van der Waals surface area contributed by atoms with E-state index in [0.717, 1.165) is 0 Å². The Hall–Kier alpha value is -4.43. The zero-order valence-electron chi connectivity index (χ0n) is 20.1. The normalized spacial score (nSPS) is 10.9. The first-order chi connectivity index (χ1) is 17.9. The molecule has 188 valence electrons. The molecule has 0 unspecified atom stereocenters. The van der Waals surface area contributed by atoms with E-state index in [2.05, 4.69) is 5.32 Å². The van der Waals surface area contributed by atoms with Gasteiger partial charge in [-0.2, -0.15) is 0 Å². The first-order valence-electron chi connectivity index (χ1n) is 11.4. The van der Waals surface area contributed by atoms with Crippen molar-refractivity contribution in [3.05, 3.63) is 125 Å². The molecule has 0 aliphatic rings. The second-order valence-corrected chi connectivity index (χ2v) is 10.2. The highest BCUT2D eigenvalue weighted by Crippen LogP contribution is 2.21. The van der Waals surface area contributed by atoms with Gasteiger partial charge < -0.3 is 14.8 Å². The van der Waals surface area contributed by atoms with Crippen molar-refractivity contribution in [1.82, 2.24) is 0 Å². The second kappa shape index (κ2) is 11.5. The smallest absolute Gasteiger partial charge is 0.340 e. The van der Waals surface area contributed by atoms with Crippen LogP contribution in [0.2, 0.25) is 0 Å². The molecule has 0 aliphatic carbocycles. The molecule has 7 nitrogen and oxygen atoms in total. The number of carbonyl (C=O) groups excluding carboxylic acids is 2. The van der Waals surface area contributed by atoms with Crippen LogP contribution in [0.4, 0.5) is 5.69 Å². The number of hydrogen-bond donors (Lipinski definition) is 1. The van der Waals surface area contributed by atoms with Crippen LogP contribution in [0.15, 0.2) is 108 Å². The summed E-state index contributed by atoms with van der Waals surface area (Å²) >= 11 is 0. The van der Waals surface area contributed by atoms with Crippen molar-refractivity contribution in [2.45, 2.75) is 17.3 Å².